The molecule has 0 aromatic rings. The number of carbonyl (C=O) groups excluding carboxylic acids is 2. The van der Waals surface area contributed by atoms with Crippen molar-refractivity contribution in [2.24, 2.45) is 0 Å². The third kappa shape index (κ3) is 2.67. The zero-order valence-electron chi connectivity index (χ0n) is 8.51. The molecule has 14 heavy (non-hydrogen) atoms. The summed E-state index contributed by atoms with van der Waals surface area (Å²) in [7, 11) is 0. The van der Waals surface area contributed by atoms with Gasteiger partial charge in [-0.15, -0.1) is 0 Å². The molecule has 2 amide bonds. The lowest BCUT2D eigenvalue weighted by Gasteiger charge is -2.15. The first-order valence-corrected chi connectivity index (χ1v) is 4.85. The van der Waals surface area contributed by atoms with E-state index in [-0.39, 0.29) is 11.8 Å². The second-order valence-electron chi connectivity index (χ2n) is 3.40. The van der Waals surface area contributed by atoms with E-state index in [4.69, 9.17) is 0 Å². The van der Waals surface area contributed by atoms with Crippen molar-refractivity contribution in [1.82, 2.24) is 10.2 Å². The van der Waals surface area contributed by atoms with Gasteiger partial charge in [-0.3, -0.25) is 14.5 Å². The largest absolute Gasteiger partial charge is 0.313 e. The molecule has 0 atom stereocenters. The summed E-state index contributed by atoms with van der Waals surface area (Å²) in [6, 6.07) is 0. The summed E-state index contributed by atoms with van der Waals surface area (Å²) in [5, 5.41) is 3.10. The molecule has 0 saturated carbocycles. The van der Waals surface area contributed by atoms with Crippen LogP contribution >= 0.6 is 0 Å². The number of likely N-dealkylation sites (tertiary alicyclic amines) is 1. The second-order valence-corrected chi connectivity index (χ2v) is 3.40. The fraction of sp³-hybridized carbons (Fsp3) is 0.600. The van der Waals surface area contributed by atoms with Gasteiger partial charge in [-0.25, -0.2) is 0 Å². The van der Waals surface area contributed by atoms with Crippen LogP contribution in [0.1, 0.15) is 19.8 Å². The molecule has 0 unspecified atom stereocenters. The van der Waals surface area contributed by atoms with Gasteiger partial charge < -0.3 is 5.32 Å². The van der Waals surface area contributed by atoms with Crippen LogP contribution in [0.4, 0.5) is 0 Å². The number of amides is 2. The maximum Gasteiger partial charge on any atom is 0.229 e. The lowest BCUT2D eigenvalue weighted by molar-refractivity contribution is -0.137. The van der Waals surface area contributed by atoms with Gasteiger partial charge >= 0.3 is 0 Å². The van der Waals surface area contributed by atoms with E-state index in [1.54, 1.807) is 0 Å². The van der Waals surface area contributed by atoms with E-state index in [1.165, 1.54) is 4.90 Å². The van der Waals surface area contributed by atoms with E-state index in [0.717, 1.165) is 12.1 Å². The third-order valence-corrected chi connectivity index (χ3v) is 2.16. The van der Waals surface area contributed by atoms with Gasteiger partial charge in [0.25, 0.3) is 0 Å². The average molecular weight is 196 g/mol. The minimum absolute atomic E-state index is 0.0763. The number of nitrogens with zero attached hydrogens (tertiary/aromatic N) is 1. The van der Waals surface area contributed by atoms with Crippen molar-refractivity contribution in [2.45, 2.75) is 19.8 Å². The lowest BCUT2D eigenvalue weighted by atomic mass is 10.3. The number of nitrogens with one attached hydrogen (secondary N) is 1. The van der Waals surface area contributed by atoms with Crippen molar-refractivity contribution >= 4 is 11.8 Å². The van der Waals surface area contributed by atoms with Crippen LogP contribution in [0.15, 0.2) is 12.2 Å². The van der Waals surface area contributed by atoms with E-state index in [0.29, 0.717) is 25.9 Å². The number of rotatable bonds is 5. The summed E-state index contributed by atoms with van der Waals surface area (Å²) in [6.45, 7) is 7.70. The van der Waals surface area contributed by atoms with E-state index < -0.39 is 0 Å². The zero-order valence-corrected chi connectivity index (χ0v) is 8.51. The SMILES string of the molecule is C=C(CNCC)CN1C(=O)CCC1=O. The normalized spacial score (nSPS) is 16.5. The minimum atomic E-state index is -0.0763. The number of carbonyl (C=O) groups is 2. The fourth-order valence-corrected chi connectivity index (χ4v) is 1.38. The molecular formula is C10H16N2O2. The molecule has 1 rings (SSSR count). The highest BCUT2D eigenvalue weighted by Crippen LogP contribution is 2.12. The first-order chi connectivity index (χ1) is 6.65. The Bertz CT molecular complexity index is 245. The Morgan fingerprint density at radius 1 is 1.43 bits per heavy atom. The Labute approximate surface area is 84.0 Å². The van der Waals surface area contributed by atoms with E-state index in [2.05, 4.69) is 11.9 Å². The number of imide groups is 1. The zero-order chi connectivity index (χ0) is 10.6. The first kappa shape index (κ1) is 10.9. The molecular weight excluding hydrogens is 180 g/mol. The fourth-order valence-electron chi connectivity index (χ4n) is 1.38. The van der Waals surface area contributed by atoms with Gasteiger partial charge in [-0.1, -0.05) is 13.5 Å². The Balaban J connectivity index is 2.39. The molecule has 1 aliphatic rings. The summed E-state index contributed by atoms with van der Waals surface area (Å²) in [4.78, 5) is 23.8. The summed E-state index contributed by atoms with van der Waals surface area (Å²) >= 11 is 0. The van der Waals surface area contributed by atoms with Crippen molar-refractivity contribution in [3.8, 4) is 0 Å². The summed E-state index contributed by atoms with van der Waals surface area (Å²) in [5.74, 6) is -0.153. The molecule has 0 bridgehead atoms. The highest BCUT2D eigenvalue weighted by molar-refractivity contribution is 6.02. The standard InChI is InChI=1S/C10H16N2O2/c1-3-11-6-8(2)7-12-9(13)4-5-10(12)14/h11H,2-7H2,1H3. The smallest absolute Gasteiger partial charge is 0.229 e. The topological polar surface area (TPSA) is 49.4 Å². The van der Waals surface area contributed by atoms with Crippen LogP contribution in [-0.4, -0.2) is 36.3 Å². The third-order valence-electron chi connectivity index (χ3n) is 2.16. The molecule has 1 fully saturated rings. The van der Waals surface area contributed by atoms with Crippen LogP contribution in [0.25, 0.3) is 0 Å². The molecule has 1 saturated heterocycles. The predicted octanol–water partition coefficient (Wildman–Crippen LogP) is 0.301. The maximum atomic E-state index is 11.2. The van der Waals surface area contributed by atoms with Gasteiger partial charge in [0.2, 0.25) is 11.8 Å². The number of likely N-dealkylation sites (N-methyl/N-ethyl adjacent to an activating group) is 1. The molecule has 0 radical (unpaired) electrons. The molecule has 4 heteroatoms. The number of hydrogen-bond acceptors (Lipinski definition) is 3. The number of hydrogen-bond donors (Lipinski definition) is 1. The van der Waals surface area contributed by atoms with Crippen LogP contribution in [0, 0.1) is 0 Å². The summed E-state index contributed by atoms with van der Waals surface area (Å²) in [6.07, 6.45) is 0.709. The van der Waals surface area contributed by atoms with Gasteiger partial charge in [-0.2, -0.15) is 0 Å². The van der Waals surface area contributed by atoms with Crippen molar-refractivity contribution in [2.75, 3.05) is 19.6 Å². The molecule has 0 spiro atoms. The van der Waals surface area contributed by atoms with Crippen LogP contribution in [0.5, 0.6) is 0 Å². The van der Waals surface area contributed by atoms with Crippen LogP contribution in [0.2, 0.25) is 0 Å². The Hall–Kier alpha value is -1.16. The molecule has 78 valence electrons. The summed E-state index contributed by atoms with van der Waals surface area (Å²) < 4.78 is 0. The molecule has 4 nitrogen and oxygen atoms in total. The Kier molecular flexibility index (Phi) is 3.83. The van der Waals surface area contributed by atoms with Crippen LogP contribution in [-0.2, 0) is 9.59 Å². The molecule has 0 aromatic heterocycles. The quantitative estimate of drug-likeness (QED) is 0.508. The van der Waals surface area contributed by atoms with Crippen LogP contribution in [0.3, 0.4) is 0 Å². The first-order valence-electron chi connectivity index (χ1n) is 4.85. The average Bonchev–Trinajstić information content (AvgIpc) is 2.46. The van der Waals surface area contributed by atoms with Gasteiger partial charge in [0.1, 0.15) is 0 Å². The molecule has 1 heterocycles. The van der Waals surface area contributed by atoms with Crippen molar-refractivity contribution in [1.29, 1.82) is 0 Å². The van der Waals surface area contributed by atoms with Gasteiger partial charge in [0, 0.05) is 19.4 Å². The minimum Gasteiger partial charge on any atom is -0.313 e. The molecule has 0 aliphatic carbocycles. The highest BCUT2D eigenvalue weighted by Gasteiger charge is 2.28. The Morgan fingerprint density at radius 3 is 2.50 bits per heavy atom. The maximum absolute atomic E-state index is 11.2. The van der Waals surface area contributed by atoms with Crippen molar-refractivity contribution in [3.05, 3.63) is 12.2 Å². The van der Waals surface area contributed by atoms with E-state index in [1.807, 2.05) is 6.92 Å². The van der Waals surface area contributed by atoms with Crippen molar-refractivity contribution < 1.29 is 9.59 Å². The van der Waals surface area contributed by atoms with Gasteiger partial charge in [0.05, 0.1) is 6.54 Å². The molecule has 0 aromatic carbocycles. The van der Waals surface area contributed by atoms with Crippen molar-refractivity contribution in [3.63, 3.8) is 0 Å². The molecule has 1 N–H and O–H groups in total. The highest BCUT2D eigenvalue weighted by atomic mass is 16.2. The molecule has 1 aliphatic heterocycles. The monoisotopic (exact) mass is 196 g/mol. The Morgan fingerprint density at radius 2 is 2.00 bits per heavy atom. The summed E-state index contributed by atoms with van der Waals surface area (Å²) in [5.41, 5.74) is 0.871. The lowest BCUT2D eigenvalue weighted by Crippen LogP contribution is -2.33. The van der Waals surface area contributed by atoms with Gasteiger partial charge in [0.15, 0.2) is 0 Å². The van der Waals surface area contributed by atoms with E-state index >= 15 is 0 Å². The second kappa shape index (κ2) is 4.91. The van der Waals surface area contributed by atoms with Gasteiger partial charge in [-0.05, 0) is 12.1 Å². The predicted molar refractivity (Wildman–Crippen MR) is 53.6 cm³/mol. The van der Waals surface area contributed by atoms with Crippen LogP contribution < -0.4 is 5.32 Å². The van der Waals surface area contributed by atoms with E-state index in [9.17, 15) is 9.59 Å².